The van der Waals surface area contributed by atoms with Crippen LogP contribution in [0.15, 0.2) is 29.2 Å². The van der Waals surface area contributed by atoms with Gasteiger partial charge in [-0.1, -0.05) is 12.1 Å². The SMILES string of the molecule is CC(NCCCCCO)c1ccc(S(N)(=O)=O)cc1. The molecule has 0 spiro atoms. The van der Waals surface area contributed by atoms with Gasteiger partial charge in [0.1, 0.15) is 0 Å². The van der Waals surface area contributed by atoms with Gasteiger partial charge in [0.05, 0.1) is 4.90 Å². The van der Waals surface area contributed by atoms with E-state index in [1.54, 1.807) is 12.1 Å². The van der Waals surface area contributed by atoms with Crippen LogP contribution < -0.4 is 10.5 Å². The Hall–Kier alpha value is -0.950. The molecule has 0 aliphatic rings. The molecule has 0 bridgehead atoms. The molecule has 1 atom stereocenters. The molecule has 0 aromatic heterocycles. The topological polar surface area (TPSA) is 92.4 Å². The molecule has 6 heteroatoms. The fraction of sp³-hybridized carbons (Fsp3) is 0.538. The lowest BCUT2D eigenvalue weighted by Crippen LogP contribution is -2.20. The number of nitrogens with two attached hydrogens (primary N) is 1. The Labute approximate surface area is 114 Å². The summed E-state index contributed by atoms with van der Waals surface area (Å²) < 4.78 is 22.3. The maximum absolute atomic E-state index is 11.1. The summed E-state index contributed by atoms with van der Waals surface area (Å²) in [6.07, 6.45) is 2.85. The van der Waals surface area contributed by atoms with E-state index in [9.17, 15) is 8.42 Å². The van der Waals surface area contributed by atoms with Gasteiger partial charge < -0.3 is 10.4 Å². The number of benzene rings is 1. The van der Waals surface area contributed by atoms with E-state index in [1.807, 2.05) is 6.92 Å². The zero-order chi connectivity index (χ0) is 14.3. The van der Waals surface area contributed by atoms with E-state index < -0.39 is 10.0 Å². The van der Waals surface area contributed by atoms with Crippen molar-refractivity contribution in [2.24, 2.45) is 5.14 Å². The zero-order valence-corrected chi connectivity index (χ0v) is 12.0. The van der Waals surface area contributed by atoms with Crippen molar-refractivity contribution in [3.63, 3.8) is 0 Å². The van der Waals surface area contributed by atoms with E-state index in [4.69, 9.17) is 10.2 Å². The quantitative estimate of drug-likeness (QED) is 0.625. The molecule has 0 heterocycles. The van der Waals surface area contributed by atoms with Gasteiger partial charge in [-0.25, -0.2) is 13.6 Å². The smallest absolute Gasteiger partial charge is 0.238 e. The van der Waals surface area contributed by atoms with Crippen molar-refractivity contribution in [2.45, 2.75) is 37.1 Å². The molecule has 0 aliphatic carbocycles. The molecule has 19 heavy (non-hydrogen) atoms. The molecular weight excluding hydrogens is 264 g/mol. The summed E-state index contributed by atoms with van der Waals surface area (Å²) in [7, 11) is -3.62. The first-order chi connectivity index (χ1) is 8.95. The zero-order valence-electron chi connectivity index (χ0n) is 11.2. The van der Waals surface area contributed by atoms with Gasteiger partial charge in [0.15, 0.2) is 0 Å². The van der Waals surface area contributed by atoms with Crippen molar-refractivity contribution >= 4 is 10.0 Å². The summed E-state index contributed by atoms with van der Waals surface area (Å²) >= 11 is 0. The standard InChI is InChI=1S/C13H22N2O3S/c1-11(15-9-3-2-4-10-16)12-5-7-13(8-6-12)19(14,17)18/h5-8,11,15-16H,2-4,9-10H2,1H3,(H2,14,17,18). The molecule has 0 aliphatic heterocycles. The Bertz CT molecular complexity index is 471. The lowest BCUT2D eigenvalue weighted by Gasteiger charge is -2.14. The van der Waals surface area contributed by atoms with Crippen molar-refractivity contribution in [3.8, 4) is 0 Å². The summed E-state index contributed by atoms with van der Waals surface area (Å²) in [6.45, 7) is 3.14. The Balaban J connectivity index is 2.47. The van der Waals surface area contributed by atoms with E-state index in [-0.39, 0.29) is 17.5 Å². The number of hydrogen-bond donors (Lipinski definition) is 3. The fourth-order valence-corrected chi connectivity index (χ4v) is 2.31. The summed E-state index contributed by atoms with van der Waals surface area (Å²) in [4.78, 5) is 0.131. The minimum Gasteiger partial charge on any atom is -0.396 e. The number of sulfonamides is 1. The fourth-order valence-electron chi connectivity index (χ4n) is 1.80. The molecule has 5 nitrogen and oxygen atoms in total. The van der Waals surface area contributed by atoms with Crippen molar-refractivity contribution in [3.05, 3.63) is 29.8 Å². The van der Waals surface area contributed by atoms with Gasteiger partial charge in [0, 0.05) is 12.6 Å². The van der Waals surface area contributed by atoms with Gasteiger partial charge in [-0.3, -0.25) is 0 Å². The van der Waals surface area contributed by atoms with Crippen LogP contribution in [0.25, 0.3) is 0 Å². The maximum atomic E-state index is 11.1. The number of hydrogen-bond acceptors (Lipinski definition) is 4. The summed E-state index contributed by atoms with van der Waals surface area (Å²) in [5, 5.41) is 17.1. The van der Waals surface area contributed by atoms with E-state index in [2.05, 4.69) is 5.32 Å². The van der Waals surface area contributed by atoms with Crippen LogP contribution in [0.5, 0.6) is 0 Å². The van der Waals surface area contributed by atoms with Crippen LogP contribution in [0.3, 0.4) is 0 Å². The number of aliphatic hydroxyl groups excluding tert-OH is 1. The maximum Gasteiger partial charge on any atom is 0.238 e. The van der Waals surface area contributed by atoms with Crippen molar-refractivity contribution < 1.29 is 13.5 Å². The minimum atomic E-state index is -3.62. The molecule has 4 N–H and O–H groups in total. The van der Waals surface area contributed by atoms with Gasteiger partial charge >= 0.3 is 0 Å². The number of rotatable bonds is 8. The van der Waals surface area contributed by atoms with Crippen LogP contribution in [-0.2, 0) is 10.0 Å². The number of unbranched alkanes of at least 4 members (excludes halogenated alkanes) is 2. The lowest BCUT2D eigenvalue weighted by molar-refractivity contribution is 0.282. The second kappa shape index (κ2) is 7.59. The average molecular weight is 286 g/mol. The van der Waals surface area contributed by atoms with Crippen LogP contribution in [-0.4, -0.2) is 26.7 Å². The average Bonchev–Trinajstić information content (AvgIpc) is 2.37. The third kappa shape index (κ3) is 5.69. The summed E-state index contributed by atoms with van der Waals surface area (Å²) in [5.41, 5.74) is 1.02. The first-order valence-electron chi connectivity index (χ1n) is 6.42. The predicted molar refractivity (Wildman–Crippen MR) is 75.2 cm³/mol. The highest BCUT2D eigenvalue weighted by atomic mass is 32.2. The molecule has 0 fully saturated rings. The molecular formula is C13H22N2O3S. The van der Waals surface area contributed by atoms with E-state index >= 15 is 0 Å². The Morgan fingerprint density at radius 3 is 2.37 bits per heavy atom. The third-order valence-electron chi connectivity index (χ3n) is 2.99. The normalized spacial score (nSPS) is 13.4. The van der Waals surface area contributed by atoms with Crippen molar-refractivity contribution in [1.29, 1.82) is 0 Å². The summed E-state index contributed by atoms with van der Waals surface area (Å²) in [6, 6.07) is 6.74. The van der Waals surface area contributed by atoms with Crippen LogP contribution in [0.2, 0.25) is 0 Å². The molecule has 0 radical (unpaired) electrons. The number of aliphatic hydroxyl groups is 1. The van der Waals surface area contributed by atoms with Gasteiger partial charge in [0.25, 0.3) is 0 Å². The minimum absolute atomic E-state index is 0.131. The van der Waals surface area contributed by atoms with E-state index in [0.717, 1.165) is 31.4 Å². The largest absolute Gasteiger partial charge is 0.396 e. The first kappa shape index (κ1) is 16.1. The first-order valence-corrected chi connectivity index (χ1v) is 7.97. The molecule has 1 aromatic carbocycles. The molecule has 0 saturated carbocycles. The second-order valence-corrected chi connectivity index (χ2v) is 6.14. The molecule has 1 unspecified atom stereocenters. The number of primary sulfonamides is 1. The van der Waals surface area contributed by atoms with Crippen LogP contribution in [0.1, 0.15) is 37.8 Å². The predicted octanol–water partition coefficient (Wildman–Crippen LogP) is 1.15. The highest BCUT2D eigenvalue weighted by Gasteiger charge is 2.09. The molecule has 1 rings (SSSR count). The van der Waals surface area contributed by atoms with Gasteiger partial charge in [-0.05, 0) is 50.4 Å². The molecule has 0 amide bonds. The second-order valence-electron chi connectivity index (χ2n) is 4.57. The van der Waals surface area contributed by atoms with Gasteiger partial charge in [-0.2, -0.15) is 0 Å². The highest BCUT2D eigenvalue weighted by Crippen LogP contribution is 2.15. The van der Waals surface area contributed by atoms with E-state index in [0.29, 0.717) is 0 Å². The van der Waals surface area contributed by atoms with Crippen molar-refractivity contribution in [1.82, 2.24) is 5.32 Å². The van der Waals surface area contributed by atoms with Crippen molar-refractivity contribution in [2.75, 3.05) is 13.2 Å². The van der Waals surface area contributed by atoms with E-state index in [1.165, 1.54) is 12.1 Å². The third-order valence-corrected chi connectivity index (χ3v) is 3.92. The van der Waals surface area contributed by atoms with Gasteiger partial charge in [0.2, 0.25) is 10.0 Å². The van der Waals surface area contributed by atoms with Crippen LogP contribution in [0.4, 0.5) is 0 Å². The Morgan fingerprint density at radius 1 is 1.21 bits per heavy atom. The van der Waals surface area contributed by atoms with Crippen LogP contribution in [0, 0.1) is 0 Å². The monoisotopic (exact) mass is 286 g/mol. The highest BCUT2D eigenvalue weighted by molar-refractivity contribution is 7.89. The Morgan fingerprint density at radius 2 is 1.84 bits per heavy atom. The number of nitrogens with one attached hydrogen (secondary N) is 1. The molecule has 108 valence electrons. The van der Waals surface area contributed by atoms with Crippen LogP contribution >= 0.6 is 0 Å². The van der Waals surface area contributed by atoms with Gasteiger partial charge in [-0.15, -0.1) is 0 Å². The summed E-state index contributed by atoms with van der Waals surface area (Å²) in [5.74, 6) is 0. The Kier molecular flexibility index (Phi) is 6.44. The molecule has 0 saturated heterocycles. The lowest BCUT2D eigenvalue weighted by atomic mass is 10.1. The molecule has 1 aromatic rings.